The summed E-state index contributed by atoms with van der Waals surface area (Å²) in [6.45, 7) is 3.63. The van der Waals surface area contributed by atoms with E-state index in [9.17, 15) is 14.4 Å². The van der Waals surface area contributed by atoms with Gasteiger partial charge >= 0.3 is 0 Å². The van der Waals surface area contributed by atoms with Crippen LogP contribution in [0.5, 0.6) is 0 Å². The van der Waals surface area contributed by atoms with Crippen LogP contribution in [-0.2, 0) is 14.4 Å². The number of amidine groups is 1. The molecular formula is C17H17N5O3S2. The van der Waals surface area contributed by atoms with Gasteiger partial charge in [0.15, 0.2) is 5.17 Å². The minimum Gasteiger partial charge on any atom is -0.304 e. The number of anilines is 1. The number of thioether (sulfide) groups is 1. The molecule has 0 fully saturated rings. The van der Waals surface area contributed by atoms with Crippen LogP contribution in [0.3, 0.4) is 0 Å². The van der Waals surface area contributed by atoms with Gasteiger partial charge in [0.25, 0.3) is 5.91 Å². The second-order valence-electron chi connectivity index (χ2n) is 5.72. The van der Waals surface area contributed by atoms with E-state index in [2.05, 4.69) is 25.8 Å². The third-order valence-corrected chi connectivity index (χ3v) is 5.76. The fourth-order valence-corrected chi connectivity index (χ4v) is 3.97. The zero-order valence-corrected chi connectivity index (χ0v) is 16.3. The van der Waals surface area contributed by atoms with E-state index in [0.717, 1.165) is 16.8 Å². The first kappa shape index (κ1) is 19.2. The molecule has 140 valence electrons. The average Bonchev–Trinajstić information content (AvgIpc) is 3.04. The molecule has 3 amide bonds. The van der Waals surface area contributed by atoms with E-state index in [1.54, 1.807) is 31.2 Å². The summed E-state index contributed by atoms with van der Waals surface area (Å²) in [5.41, 5.74) is 0.587. The summed E-state index contributed by atoms with van der Waals surface area (Å²) in [6, 6.07) is 8.75. The zero-order chi connectivity index (χ0) is 19.4. The highest BCUT2D eigenvalue weighted by atomic mass is 32.2. The highest BCUT2D eigenvalue weighted by Crippen LogP contribution is 2.25. The van der Waals surface area contributed by atoms with Crippen molar-refractivity contribution < 1.29 is 14.4 Å². The third kappa shape index (κ3) is 4.58. The number of rotatable bonds is 5. The van der Waals surface area contributed by atoms with Crippen LogP contribution < -0.4 is 10.6 Å². The molecule has 0 saturated heterocycles. The van der Waals surface area contributed by atoms with E-state index >= 15 is 0 Å². The fraction of sp³-hybridized carbons (Fsp3) is 0.294. The van der Waals surface area contributed by atoms with Crippen LogP contribution in [0.2, 0.25) is 0 Å². The van der Waals surface area contributed by atoms with Crippen molar-refractivity contribution in [1.29, 1.82) is 0 Å². The molecular weight excluding hydrogens is 386 g/mol. The zero-order valence-electron chi connectivity index (χ0n) is 14.6. The molecule has 3 rings (SSSR count). The SMILES string of the molecule is CCC(SC1=NC(=O)C(c2ccccc2)C(=O)N1)C(=O)Nc1nnc(C)s1. The number of nitrogens with zero attached hydrogens (tertiary/aromatic N) is 3. The molecule has 0 saturated carbocycles. The molecule has 27 heavy (non-hydrogen) atoms. The Morgan fingerprint density at radius 2 is 2.04 bits per heavy atom. The molecule has 1 aliphatic heterocycles. The van der Waals surface area contributed by atoms with Gasteiger partial charge < -0.3 is 5.32 Å². The molecule has 10 heteroatoms. The summed E-state index contributed by atoms with van der Waals surface area (Å²) < 4.78 is 0. The molecule has 0 bridgehead atoms. The number of aryl methyl sites for hydroxylation is 1. The van der Waals surface area contributed by atoms with Crippen molar-refractivity contribution >= 4 is 51.1 Å². The number of hydrogen-bond acceptors (Lipinski definition) is 7. The number of aliphatic imine (C=N–C) groups is 1. The van der Waals surface area contributed by atoms with Crippen molar-refractivity contribution in [1.82, 2.24) is 15.5 Å². The van der Waals surface area contributed by atoms with Crippen LogP contribution >= 0.6 is 23.1 Å². The number of benzene rings is 1. The molecule has 1 aliphatic rings. The highest BCUT2D eigenvalue weighted by Gasteiger charge is 2.34. The molecule has 1 aromatic carbocycles. The number of carbonyl (C=O) groups excluding carboxylic acids is 3. The number of hydrogen-bond donors (Lipinski definition) is 2. The van der Waals surface area contributed by atoms with E-state index in [1.807, 2.05) is 13.0 Å². The van der Waals surface area contributed by atoms with Crippen LogP contribution in [0.15, 0.2) is 35.3 Å². The first-order valence-electron chi connectivity index (χ1n) is 8.24. The lowest BCUT2D eigenvalue weighted by Gasteiger charge is -2.22. The van der Waals surface area contributed by atoms with Crippen molar-refractivity contribution in [3.8, 4) is 0 Å². The number of nitrogens with one attached hydrogen (secondary N) is 2. The van der Waals surface area contributed by atoms with Gasteiger partial charge in [-0.3, -0.25) is 19.7 Å². The van der Waals surface area contributed by atoms with Gasteiger partial charge in [0.2, 0.25) is 16.9 Å². The predicted octanol–water partition coefficient (Wildman–Crippen LogP) is 2.09. The lowest BCUT2D eigenvalue weighted by Crippen LogP contribution is -2.42. The van der Waals surface area contributed by atoms with Crippen LogP contribution in [0.25, 0.3) is 0 Å². The van der Waals surface area contributed by atoms with E-state index < -0.39 is 23.0 Å². The van der Waals surface area contributed by atoms with Crippen molar-refractivity contribution in [2.24, 2.45) is 4.99 Å². The van der Waals surface area contributed by atoms with Gasteiger partial charge in [-0.2, -0.15) is 4.99 Å². The van der Waals surface area contributed by atoms with Crippen LogP contribution in [-0.4, -0.2) is 38.3 Å². The van der Waals surface area contributed by atoms with Gasteiger partial charge in [-0.1, -0.05) is 60.4 Å². The maximum absolute atomic E-state index is 12.4. The minimum atomic E-state index is -0.964. The van der Waals surface area contributed by atoms with E-state index in [1.165, 1.54) is 11.3 Å². The third-order valence-electron chi connectivity index (χ3n) is 3.76. The van der Waals surface area contributed by atoms with E-state index in [4.69, 9.17) is 0 Å². The molecule has 0 radical (unpaired) electrons. The van der Waals surface area contributed by atoms with Crippen molar-refractivity contribution in [3.05, 3.63) is 40.9 Å². The summed E-state index contributed by atoms with van der Waals surface area (Å²) >= 11 is 2.32. The van der Waals surface area contributed by atoms with Gasteiger partial charge in [-0.05, 0) is 18.9 Å². The second-order valence-corrected chi connectivity index (χ2v) is 8.09. The number of aromatic nitrogens is 2. The standard InChI is InChI=1S/C17H17N5O3S2/c1-3-11(13(23)18-17-22-21-9(2)26-17)27-16-19-14(24)12(15(25)20-16)10-7-5-4-6-8-10/h4-8,11-12H,3H2,1-2H3,(H,18,22,23)(H,19,20,24,25). The van der Waals surface area contributed by atoms with E-state index in [0.29, 0.717) is 17.1 Å². The molecule has 0 aliphatic carbocycles. The Morgan fingerprint density at radius 3 is 2.63 bits per heavy atom. The molecule has 2 unspecified atom stereocenters. The molecule has 2 heterocycles. The lowest BCUT2D eigenvalue weighted by molar-refractivity contribution is -0.129. The molecule has 2 atom stereocenters. The average molecular weight is 403 g/mol. The van der Waals surface area contributed by atoms with Crippen molar-refractivity contribution in [2.45, 2.75) is 31.4 Å². The summed E-state index contributed by atoms with van der Waals surface area (Å²) in [5, 5.41) is 13.8. The molecule has 2 aromatic rings. The Bertz CT molecular complexity index is 897. The Hall–Kier alpha value is -2.59. The Kier molecular flexibility index (Phi) is 5.97. The Balaban J connectivity index is 1.69. The summed E-state index contributed by atoms with van der Waals surface area (Å²) in [6.07, 6.45) is 0.486. The number of amides is 3. The molecule has 8 nitrogen and oxygen atoms in total. The molecule has 2 N–H and O–H groups in total. The van der Waals surface area contributed by atoms with Gasteiger partial charge in [0, 0.05) is 0 Å². The highest BCUT2D eigenvalue weighted by molar-refractivity contribution is 8.15. The summed E-state index contributed by atoms with van der Waals surface area (Å²) in [7, 11) is 0. The first-order chi connectivity index (χ1) is 13.0. The van der Waals surface area contributed by atoms with Crippen LogP contribution in [0.4, 0.5) is 5.13 Å². The summed E-state index contributed by atoms with van der Waals surface area (Å²) in [5.74, 6) is -2.23. The maximum Gasteiger partial charge on any atom is 0.265 e. The fourth-order valence-electron chi connectivity index (χ4n) is 2.47. The Labute approximate surface area is 163 Å². The van der Waals surface area contributed by atoms with Crippen molar-refractivity contribution in [3.63, 3.8) is 0 Å². The predicted molar refractivity (Wildman–Crippen MR) is 105 cm³/mol. The smallest absolute Gasteiger partial charge is 0.265 e. The Morgan fingerprint density at radius 1 is 1.30 bits per heavy atom. The monoisotopic (exact) mass is 403 g/mol. The first-order valence-corrected chi connectivity index (χ1v) is 9.93. The minimum absolute atomic E-state index is 0.132. The van der Waals surface area contributed by atoms with Gasteiger partial charge in [-0.15, -0.1) is 10.2 Å². The second kappa shape index (κ2) is 8.40. The largest absolute Gasteiger partial charge is 0.304 e. The molecule has 1 aromatic heterocycles. The van der Waals surface area contributed by atoms with Crippen molar-refractivity contribution in [2.75, 3.05) is 5.32 Å². The molecule has 0 spiro atoms. The number of carbonyl (C=O) groups is 3. The normalized spacial score (nSPS) is 17.9. The quantitative estimate of drug-likeness (QED) is 0.739. The van der Waals surface area contributed by atoms with Crippen LogP contribution in [0.1, 0.15) is 29.8 Å². The van der Waals surface area contributed by atoms with Gasteiger partial charge in [0.05, 0.1) is 5.25 Å². The van der Waals surface area contributed by atoms with Gasteiger partial charge in [-0.25, -0.2) is 0 Å². The maximum atomic E-state index is 12.4. The topological polar surface area (TPSA) is 113 Å². The summed E-state index contributed by atoms with van der Waals surface area (Å²) in [4.78, 5) is 41.2. The van der Waals surface area contributed by atoms with E-state index in [-0.39, 0.29) is 11.1 Å². The van der Waals surface area contributed by atoms with Crippen LogP contribution in [0, 0.1) is 6.92 Å². The van der Waals surface area contributed by atoms with Gasteiger partial charge in [0.1, 0.15) is 10.9 Å². The lowest BCUT2D eigenvalue weighted by atomic mass is 9.97.